The number of nitrogens with zero attached hydrogens (tertiary/aromatic N) is 2. The molecular weight excluding hydrogens is 479 g/mol. The number of nitrogens with two attached hydrogens (primary N) is 1. The Balaban J connectivity index is 1.59. The van der Waals surface area contributed by atoms with Gasteiger partial charge in [-0.25, -0.2) is 19.8 Å². The summed E-state index contributed by atoms with van der Waals surface area (Å²) in [7, 11) is 1.30. The van der Waals surface area contributed by atoms with Crippen molar-refractivity contribution >= 4 is 12.1 Å². The molecule has 3 N–H and O–H groups in total. The lowest BCUT2D eigenvalue weighted by atomic mass is 9.86. The minimum Gasteiger partial charge on any atom is -0.453 e. The van der Waals surface area contributed by atoms with Gasteiger partial charge >= 0.3 is 12.1 Å². The zero-order valence-corrected chi connectivity index (χ0v) is 22.3. The van der Waals surface area contributed by atoms with E-state index in [1.54, 1.807) is 11.0 Å². The minimum atomic E-state index is -0.536. The van der Waals surface area contributed by atoms with Crippen LogP contribution in [0, 0.1) is 24.6 Å². The lowest BCUT2D eigenvalue weighted by Crippen LogP contribution is -2.51. The van der Waals surface area contributed by atoms with Crippen molar-refractivity contribution in [3.63, 3.8) is 0 Å². The van der Waals surface area contributed by atoms with Crippen LogP contribution in [0.5, 0.6) is 0 Å². The van der Waals surface area contributed by atoms with Crippen LogP contribution in [0.4, 0.5) is 14.0 Å². The van der Waals surface area contributed by atoms with E-state index in [-0.39, 0.29) is 30.9 Å². The SMILES string of the molecule is COC(=O)NCCO[C@@H](c1cc(F)ccc1C)C1CCCN(C(=O)N(N)CCCC2CCCCOC2)C1. The zero-order chi connectivity index (χ0) is 26.6. The van der Waals surface area contributed by atoms with E-state index in [0.717, 1.165) is 56.4 Å². The van der Waals surface area contributed by atoms with Crippen molar-refractivity contribution < 1.29 is 28.2 Å². The number of nitrogens with one attached hydrogen (secondary N) is 1. The molecule has 0 radical (unpaired) electrons. The summed E-state index contributed by atoms with van der Waals surface area (Å²) in [6.07, 6.45) is 6.00. The first-order valence-corrected chi connectivity index (χ1v) is 13.5. The lowest BCUT2D eigenvalue weighted by molar-refractivity contribution is -0.0111. The van der Waals surface area contributed by atoms with E-state index < -0.39 is 12.2 Å². The average molecular weight is 523 g/mol. The van der Waals surface area contributed by atoms with Crippen LogP contribution in [0.3, 0.4) is 0 Å². The number of carbonyl (C=O) groups is 2. The summed E-state index contributed by atoms with van der Waals surface area (Å²) < 4.78 is 30.6. The molecule has 10 heteroatoms. The number of methoxy groups -OCH3 is 1. The van der Waals surface area contributed by atoms with Gasteiger partial charge in [0.2, 0.25) is 0 Å². The van der Waals surface area contributed by atoms with Gasteiger partial charge in [-0.3, -0.25) is 5.01 Å². The monoisotopic (exact) mass is 522 g/mol. The number of aryl methyl sites for hydroxylation is 1. The van der Waals surface area contributed by atoms with Crippen molar-refractivity contribution in [2.45, 2.75) is 58.0 Å². The van der Waals surface area contributed by atoms with Crippen molar-refractivity contribution in [2.75, 3.05) is 53.1 Å². The fourth-order valence-electron chi connectivity index (χ4n) is 5.27. The summed E-state index contributed by atoms with van der Waals surface area (Å²) in [4.78, 5) is 26.3. The number of hydrogen-bond donors (Lipinski definition) is 2. The van der Waals surface area contributed by atoms with Crippen LogP contribution in [0.2, 0.25) is 0 Å². The number of amides is 3. The fraction of sp³-hybridized carbons (Fsp3) is 0.704. The molecule has 2 aliphatic rings. The maximum absolute atomic E-state index is 14.2. The van der Waals surface area contributed by atoms with Gasteiger partial charge in [0.05, 0.1) is 19.8 Å². The molecule has 1 aromatic carbocycles. The first kappa shape index (κ1) is 29.1. The molecule has 1 aromatic rings. The summed E-state index contributed by atoms with van der Waals surface area (Å²) >= 11 is 0. The molecule has 0 bridgehead atoms. The predicted octanol–water partition coefficient (Wildman–Crippen LogP) is 4.15. The number of carbonyl (C=O) groups excluding carboxylic acids is 2. The van der Waals surface area contributed by atoms with Gasteiger partial charge in [-0.2, -0.15) is 0 Å². The molecule has 0 saturated carbocycles. The molecule has 9 nitrogen and oxygen atoms in total. The Hall–Kier alpha value is -2.43. The molecule has 3 atom stereocenters. The number of ether oxygens (including phenoxy) is 3. The maximum atomic E-state index is 14.2. The highest BCUT2D eigenvalue weighted by Gasteiger charge is 2.33. The smallest absolute Gasteiger partial charge is 0.406 e. The van der Waals surface area contributed by atoms with Crippen LogP contribution in [-0.4, -0.2) is 75.1 Å². The Morgan fingerprint density at radius 2 is 2.14 bits per heavy atom. The van der Waals surface area contributed by atoms with Crippen LogP contribution in [0.25, 0.3) is 0 Å². The first-order chi connectivity index (χ1) is 17.9. The van der Waals surface area contributed by atoms with Gasteiger partial charge in [0.15, 0.2) is 0 Å². The summed E-state index contributed by atoms with van der Waals surface area (Å²) in [5.74, 6) is 6.35. The van der Waals surface area contributed by atoms with Crippen LogP contribution in [0.15, 0.2) is 18.2 Å². The molecule has 2 saturated heterocycles. The Morgan fingerprint density at radius 1 is 1.30 bits per heavy atom. The number of rotatable bonds is 10. The Morgan fingerprint density at radius 3 is 2.95 bits per heavy atom. The third-order valence-corrected chi connectivity index (χ3v) is 7.32. The number of urea groups is 1. The Labute approximate surface area is 219 Å². The highest BCUT2D eigenvalue weighted by Crippen LogP contribution is 2.35. The number of benzene rings is 1. The topological polar surface area (TPSA) is 106 Å². The maximum Gasteiger partial charge on any atom is 0.406 e. The highest BCUT2D eigenvalue weighted by molar-refractivity contribution is 5.73. The van der Waals surface area contributed by atoms with Gasteiger partial charge in [0.1, 0.15) is 5.82 Å². The molecule has 0 aliphatic carbocycles. The van der Waals surface area contributed by atoms with Crippen molar-refractivity contribution in [1.29, 1.82) is 0 Å². The van der Waals surface area contributed by atoms with Crippen molar-refractivity contribution in [3.05, 3.63) is 35.1 Å². The van der Waals surface area contributed by atoms with E-state index in [2.05, 4.69) is 10.1 Å². The van der Waals surface area contributed by atoms with E-state index >= 15 is 0 Å². The molecule has 3 amide bonds. The van der Waals surface area contributed by atoms with Crippen LogP contribution >= 0.6 is 0 Å². The minimum absolute atomic E-state index is 0.0344. The van der Waals surface area contributed by atoms with Crippen molar-refractivity contribution in [2.24, 2.45) is 17.7 Å². The average Bonchev–Trinajstić information content (AvgIpc) is 3.18. The summed E-state index contributed by atoms with van der Waals surface area (Å²) in [6, 6.07) is 4.48. The lowest BCUT2D eigenvalue weighted by Gasteiger charge is -2.38. The molecule has 2 fully saturated rings. The molecule has 2 aliphatic heterocycles. The zero-order valence-electron chi connectivity index (χ0n) is 22.3. The number of likely N-dealkylation sites (tertiary alicyclic amines) is 1. The van der Waals surface area contributed by atoms with Gasteiger partial charge in [0, 0.05) is 45.3 Å². The van der Waals surface area contributed by atoms with Crippen molar-refractivity contribution in [1.82, 2.24) is 15.2 Å². The molecule has 208 valence electrons. The third kappa shape index (κ3) is 9.12. The highest BCUT2D eigenvalue weighted by atomic mass is 19.1. The van der Waals surface area contributed by atoms with Crippen LogP contribution in [0.1, 0.15) is 62.2 Å². The number of piperidine rings is 1. The molecule has 3 rings (SSSR count). The summed E-state index contributed by atoms with van der Waals surface area (Å²) in [6.45, 7) is 5.64. The number of halogens is 1. The standard InChI is InChI=1S/C27H43FN4O5/c1-20-10-11-23(28)17-24(20)25(37-16-12-30-26(33)35-2)22-9-6-13-31(18-22)27(34)32(29)14-5-8-21-7-3-4-15-36-19-21/h10-11,17,21-22,25H,3-9,12-16,18-19,29H2,1-2H3,(H,30,33)/t21?,22?,25-/m1/s1. The van der Waals surface area contributed by atoms with Gasteiger partial charge in [0.25, 0.3) is 0 Å². The molecule has 37 heavy (non-hydrogen) atoms. The third-order valence-electron chi connectivity index (χ3n) is 7.32. The van der Waals surface area contributed by atoms with Gasteiger partial charge in [-0.05, 0) is 74.6 Å². The number of hydrogen-bond acceptors (Lipinski definition) is 6. The molecular formula is C27H43FN4O5. The van der Waals surface area contributed by atoms with Gasteiger partial charge < -0.3 is 24.4 Å². The largest absolute Gasteiger partial charge is 0.453 e. The first-order valence-electron chi connectivity index (χ1n) is 13.5. The van der Waals surface area contributed by atoms with Gasteiger partial charge in [-0.1, -0.05) is 12.5 Å². The quantitative estimate of drug-likeness (QED) is 0.207. The molecule has 2 heterocycles. The number of hydrazine groups is 1. The Kier molecular flexibility index (Phi) is 11.9. The molecule has 0 spiro atoms. The normalized spacial score (nSPS) is 21.1. The van der Waals surface area contributed by atoms with E-state index in [9.17, 15) is 14.0 Å². The van der Waals surface area contributed by atoms with Gasteiger partial charge in [-0.15, -0.1) is 0 Å². The second-order valence-electron chi connectivity index (χ2n) is 10.1. The van der Waals surface area contributed by atoms with E-state index in [0.29, 0.717) is 25.6 Å². The predicted molar refractivity (Wildman–Crippen MR) is 138 cm³/mol. The Bertz CT molecular complexity index is 865. The van der Waals surface area contributed by atoms with Crippen LogP contribution < -0.4 is 11.2 Å². The fourth-order valence-corrected chi connectivity index (χ4v) is 5.27. The van der Waals surface area contributed by atoms with Crippen LogP contribution in [-0.2, 0) is 14.2 Å². The summed E-state index contributed by atoms with van der Waals surface area (Å²) in [5.41, 5.74) is 1.67. The second-order valence-corrected chi connectivity index (χ2v) is 10.1. The van der Waals surface area contributed by atoms with E-state index in [1.165, 1.54) is 37.1 Å². The van der Waals surface area contributed by atoms with E-state index in [1.807, 2.05) is 6.92 Å². The second kappa shape index (κ2) is 15.1. The van der Waals surface area contributed by atoms with E-state index in [4.69, 9.17) is 15.3 Å². The summed E-state index contributed by atoms with van der Waals surface area (Å²) in [5, 5.41) is 3.92. The molecule has 2 unspecified atom stereocenters. The number of alkyl carbamates (subject to hydrolysis) is 1. The van der Waals surface area contributed by atoms with Crippen molar-refractivity contribution in [3.8, 4) is 0 Å². The molecule has 0 aromatic heterocycles.